The van der Waals surface area contributed by atoms with Gasteiger partial charge in [0, 0.05) is 19.6 Å². The van der Waals surface area contributed by atoms with Gasteiger partial charge in [0.2, 0.25) is 0 Å². The van der Waals surface area contributed by atoms with Gasteiger partial charge >= 0.3 is 0 Å². The molecule has 0 heterocycles. The van der Waals surface area contributed by atoms with Crippen LogP contribution in [0.5, 0.6) is 0 Å². The van der Waals surface area contributed by atoms with Gasteiger partial charge in [0.05, 0.1) is 0 Å². The van der Waals surface area contributed by atoms with Crippen LogP contribution in [0.25, 0.3) is 5.57 Å². The van der Waals surface area contributed by atoms with Crippen LogP contribution in [0.4, 0.5) is 0 Å². The number of aryl methyl sites for hydroxylation is 2. The molecule has 0 N–H and O–H groups in total. The Kier molecular flexibility index (Phi) is 4.96. The Morgan fingerprint density at radius 2 is 1.52 bits per heavy atom. The molecule has 1 nitrogen and oxygen atoms in total. The van der Waals surface area contributed by atoms with Crippen molar-refractivity contribution in [2.75, 3.05) is 13.7 Å². The SMILES string of the molecule is COCCC1=C(c2ccc(C)cc2)c2ccc(C)cc2C1c1ccccc1. The predicted molar refractivity (Wildman–Crippen MR) is 113 cm³/mol. The normalized spacial score (nSPS) is 15.9. The third-order valence-electron chi connectivity index (χ3n) is 5.51. The van der Waals surface area contributed by atoms with Crippen molar-refractivity contribution in [2.24, 2.45) is 0 Å². The first-order valence-electron chi connectivity index (χ1n) is 9.64. The predicted octanol–water partition coefficient (Wildman–Crippen LogP) is 6.29. The van der Waals surface area contributed by atoms with Crippen LogP contribution in [0.2, 0.25) is 0 Å². The smallest absolute Gasteiger partial charge is 0.0500 e. The summed E-state index contributed by atoms with van der Waals surface area (Å²) in [5.41, 5.74) is 10.9. The molecule has 136 valence electrons. The Bertz CT molecular complexity index is 965. The Balaban J connectivity index is 1.96. The molecule has 0 aromatic heterocycles. The quantitative estimate of drug-likeness (QED) is 0.523. The third kappa shape index (κ3) is 3.36. The van der Waals surface area contributed by atoms with Crippen molar-refractivity contribution in [3.63, 3.8) is 0 Å². The maximum Gasteiger partial charge on any atom is 0.0500 e. The highest BCUT2D eigenvalue weighted by molar-refractivity contribution is 5.90. The molecule has 0 fully saturated rings. The van der Waals surface area contributed by atoms with Crippen molar-refractivity contribution in [1.82, 2.24) is 0 Å². The van der Waals surface area contributed by atoms with Crippen LogP contribution >= 0.6 is 0 Å². The van der Waals surface area contributed by atoms with Gasteiger partial charge in [0.25, 0.3) is 0 Å². The lowest BCUT2D eigenvalue weighted by molar-refractivity contribution is 0.201. The minimum atomic E-state index is 0.299. The van der Waals surface area contributed by atoms with Gasteiger partial charge in [-0.25, -0.2) is 0 Å². The molecule has 0 spiro atoms. The molecule has 3 aromatic rings. The molecule has 0 saturated heterocycles. The van der Waals surface area contributed by atoms with Crippen LogP contribution in [0.1, 0.15) is 45.7 Å². The minimum absolute atomic E-state index is 0.299. The van der Waals surface area contributed by atoms with Crippen LogP contribution in [0.15, 0.2) is 78.4 Å². The molecule has 1 atom stereocenters. The standard InChI is InChI=1S/C26H26O/c1-18-9-12-21(13-10-18)25-22-14-11-19(2)17-24(22)26(23(25)15-16-27-3)20-7-5-4-6-8-20/h4-14,17,26H,15-16H2,1-3H3. The van der Waals surface area contributed by atoms with Crippen molar-refractivity contribution >= 4 is 5.57 Å². The van der Waals surface area contributed by atoms with E-state index in [2.05, 4.69) is 86.6 Å². The van der Waals surface area contributed by atoms with E-state index in [1.165, 1.54) is 44.5 Å². The first-order chi connectivity index (χ1) is 13.2. The maximum absolute atomic E-state index is 5.48. The number of hydrogen-bond donors (Lipinski definition) is 0. The van der Waals surface area contributed by atoms with Crippen LogP contribution in [-0.2, 0) is 4.74 Å². The number of benzene rings is 3. The molecule has 27 heavy (non-hydrogen) atoms. The highest BCUT2D eigenvalue weighted by Gasteiger charge is 2.32. The van der Waals surface area contributed by atoms with Crippen LogP contribution in [0.3, 0.4) is 0 Å². The summed E-state index contributed by atoms with van der Waals surface area (Å²) in [6.07, 6.45) is 0.937. The molecule has 1 heteroatoms. The summed E-state index contributed by atoms with van der Waals surface area (Å²) in [5, 5.41) is 0. The third-order valence-corrected chi connectivity index (χ3v) is 5.51. The van der Waals surface area contributed by atoms with E-state index < -0.39 is 0 Å². The minimum Gasteiger partial charge on any atom is -0.384 e. The summed E-state index contributed by atoms with van der Waals surface area (Å²) in [7, 11) is 1.79. The van der Waals surface area contributed by atoms with Gasteiger partial charge in [0.15, 0.2) is 0 Å². The molecule has 0 bridgehead atoms. The number of methoxy groups -OCH3 is 1. The molecule has 0 amide bonds. The van der Waals surface area contributed by atoms with E-state index >= 15 is 0 Å². The summed E-state index contributed by atoms with van der Waals surface area (Å²) in [5.74, 6) is 0.299. The van der Waals surface area contributed by atoms with Gasteiger partial charge in [0.1, 0.15) is 0 Å². The zero-order chi connectivity index (χ0) is 18.8. The van der Waals surface area contributed by atoms with E-state index in [1.54, 1.807) is 7.11 Å². The van der Waals surface area contributed by atoms with Crippen LogP contribution in [-0.4, -0.2) is 13.7 Å². The second-order valence-electron chi connectivity index (χ2n) is 7.44. The first kappa shape index (κ1) is 17.8. The zero-order valence-electron chi connectivity index (χ0n) is 16.3. The molecule has 4 rings (SSSR count). The molecular weight excluding hydrogens is 328 g/mol. The van der Waals surface area contributed by atoms with E-state index in [9.17, 15) is 0 Å². The number of fused-ring (bicyclic) bond motifs is 1. The number of hydrogen-bond acceptors (Lipinski definition) is 1. The Morgan fingerprint density at radius 3 is 2.22 bits per heavy atom. The lowest BCUT2D eigenvalue weighted by atomic mass is 9.86. The fourth-order valence-corrected chi connectivity index (χ4v) is 4.22. The molecular formula is C26H26O. The fourth-order valence-electron chi connectivity index (χ4n) is 4.22. The largest absolute Gasteiger partial charge is 0.384 e. The molecule has 0 saturated carbocycles. The molecule has 3 aromatic carbocycles. The van der Waals surface area contributed by atoms with Crippen LogP contribution < -0.4 is 0 Å². The topological polar surface area (TPSA) is 9.23 Å². The van der Waals surface area contributed by atoms with Gasteiger partial charge in [-0.1, -0.05) is 83.9 Å². The van der Waals surface area contributed by atoms with Gasteiger partial charge in [-0.15, -0.1) is 0 Å². The Hall–Kier alpha value is -2.64. The second kappa shape index (κ2) is 7.54. The summed E-state index contributed by atoms with van der Waals surface area (Å²) >= 11 is 0. The average molecular weight is 354 g/mol. The monoisotopic (exact) mass is 354 g/mol. The van der Waals surface area contributed by atoms with Crippen molar-refractivity contribution in [3.05, 3.63) is 112 Å². The molecule has 1 aliphatic rings. The van der Waals surface area contributed by atoms with E-state index in [-0.39, 0.29) is 0 Å². The fraction of sp³-hybridized carbons (Fsp3) is 0.231. The number of rotatable bonds is 5. The Labute approximate surface area is 162 Å². The summed E-state index contributed by atoms with van der Waals surface area (Å²) < 4.78 is 5.48. The van der Waals surface area contributed by atoms with Gasteiger partial charge < -0.3 is 4.74 Å². The number of ether oxygens (including phenoxy) is 1. The first-order valence-corrected chi connectivity index (χ1v) is 9.64. The highest BCUT2D eigenvalue weighted by Crippen LogP contribution is 2.49. The molecule has 0 radical (unpaired) electrons. The van der Waals surface area contributed by atoms with Gasteiger partial charge in [-0.2, -0.15) is 0 Å². The molecule has 0 aliphatic heterocycles. The van der Waals surface area contributed by atoms with E-state index in [0.29, 0.717) is 5.92 Å². The second-order valence-corrected chi connectivity index (χ2v) is 7.44. The molecule has 1 unspecified atom stereocenters. The molecule has 1 aliphatic carbocycles. The van der Waals surface area contributed by atoms with E-state index in [0.717, 1.165) is 13.0 Å². The zero-order valence-corrected chi connectivity index (χ0v) is 16.3. The van der Waals surface area contributed by atoms with Crippen LogP contribution in [0, 0.1) is 13.8 Å². The summed E-state index contributed by atoms with van der Waals surface area (Å²) in [4.78, 5) is 0. The summed E-state index contributed by atoms with van der Waals surface area (Å²) in [6, 6.07) is 26.7. The van der Waals surface area contributed by atoms with Gasteiger partial charge in [-0.3, -0.25) is 0 Å². The van der Waals surface area contributed by atoms with Gasteiger partial charge in [-0.05, 0) is 53.7 Å². The summed E-state index contributed by atoms with van der Waals surface area (Å²) in [6.45, 7) is 5.06. The van der Waals surface area contributed by atoms with E-state index in [4.69, 9.17) is 4.74 Å². The Morgan fingerprint density at radius 1 is 0.815 bits per heavy atom. The highest BCUT2D eigenvalue weighted by atomic mass is 16.5. The van der Waals surface area contributed by atoms with Crippen molar-refractivity contribution < 1.29 is 4.74 Å². The van der Waals surface area contributed by atoms with E-state index in [1.807, 2.05) is 0 Å². The lowest BCUT2D eigenvalue weighted by Gasteiger charge is -2.18. The van der Waals surface area contributed by atoms with Crippen molar-refractivity contribution in [3.8, 4) is 0 Å². The maximum atomic E-state index is 5.48. The van der Waals surface area contributed by atoms with Crippen molar-refractivity contribution in [1.29, 1.82) is 0 Å². The average Bonchev–Trinajstić information content (AvgIpc) is 3.00. The lowest BCUT2D eigenvalue weighted by Crippen LogP contribution is -2.04. The van der Waals surface area contributed by atoms with Crippen molar-refractivity contribution in [2.45, 2.75) is 26.2 Å².